The van der Waals surface area contributed by atoms with Crippen LogP contribution in [0.3, 0.4) is 0 Å². The zero-order valence-corrected chi connectivity index (χ0v) is 7.41. The Kier molecular flexibility index (Phi) is 3.10. The molecular weight excluding hydrogens is 164 g/mol. The number of carbonyl (C=O) groups is 1. The lowest BCUT2D eigenvalue weighted by atomic mass is 10.1. The molecule has 0 aliphatic carbocycles. The fraction of sp³-hybridized carbons (Fsp3) is 0.182. The van der Waals surface area contributed by atoms with Gasteiger partial charge in [-0.3, -0.25) is 4.79 Å². The molecule has 1 rings (SSSR count). The minimum atomic E-state index is 0.0449. The number of hydrogen-bond acceptors (Lipinski definition) is 2. The quantitative estimate of drug-likeness (QED) is 0.516. The van der Waals surface area contributed by atoms with E-state index < -0.39 is 0 Å². The Balaban J connectivity index is 2.71. The molecule has 0 radical (unpaired) electrons. The lowest BCUT2D eigenvalue weighted by Gasteiger charge is -2.01. The second-order valence-corrected chi connectivity index (χ2v) is 2.57. The summed E-state index contributed by atoms with van der Waals surface area (Å²) in [6.07, 6.45) is 5.03. The first-order chi connectivity index (χ1) is 6.24. The van der Waals surface area contributed by atoms with E-state index >= 15 is 0 Å². The largest absolute Gasteiger partial charge is 0.481 e. The maximum Gasteiger partial charge on any atom is 0.159 e. The average molecular weight is 174 g/mol. The molecule has 0 N–H and O–H groups in total. The van der Waals surface area contributed by atoms with Gasteiger partial charge in [-0.15, -0.1) is 6.42 Å². The van der Waals surface area contributed by atoms with Gasteiger partial charge in [-0.2, -0.15) is 0 Å². The smallest absolute Gasteiger partial charge is 0.159 e. The molecule has 13 heavy (non-hydrogen) atoms. The molecule has 0 aromatic heterocycles. The van der Waals surface area contributed by atoms with E-state index in [1.807, 2.05) is 0 Å². The molecule has 0 unspecified atom stereocenters. The van der Waals surface area contributed by atoms with Crippen LogP contribution in [0.4, 0.5) is 0 Å². The van der Waals surface area contributed by atoms with Gasteiger partial charge in [-0.25, -0.2) is 0 Å². The van der Waals surface area contributed by atoms with Crippen LogP contribution in [0.2, 0.25) is 0 Å². The van der Waals surface area contributed by atoms with E-state index in [9.17, 15) is 4.79 Å². The molecular formula is C11H10O2. The van der Waals surface area contributed by atoms with E-state index in [0.29, 0.717) is 11.3 Å². The topological polar surface area (TPSA) is 26.3 Å². The van der Waals surface area contributed by atoms with E-state index in [1.165, 1.54) is 6.92 Å². The first kappa shape index (κ1) is 9.34. The van der Waals surface area contributed by atoms with Crippen molar-refractivity contribution in [1.29, 1.82) is 0 Å². The maximum absolute atomic E-state index is 10.9. The molecule has 2 heteroatoms. The SMILES string of the molecule is C#CCOc1ccc(C(C)=O)cc1. The van der Waals surface area contributed by atoms with Crippen LogP contribution >= 0.6 is 0 Å². The third kappa shape index (κ3) is 2.64. The van der Waals surface area contributed by atoms with Gasteiger partial charge in [-0.1, -0.05) is 5.92 Å². The molecule has 0 amide bonds. The highest BCUT2D eigenvalue weighted by molar-refractivity contribution is 5.94. The Morgan fingerprint density at radius 1 is 1.46 bits per heavy atom. The average Bonchev–Trinajstić information content (AvgIpc) is 2.15. The van der Waals surface area contributed by atoms with E-state index in [-0.39, 0.29) is 12.4 Å². The minimum absolute atomic E-state index is 0.0449. The molecule has 0 spiro atoms. The molecule has 1 aromatic carbocycles. The number of carbonyl (C=O) groups excluding carboxylic acids is 1. The number of rotatable bonds is 3. The highest BCUT2D eigenvalue weighted by Crippen LogP contribution is 2.11. The third-order valence-electron chi connectivity index (χ3n) is 1.58. The molecule has 0 aliphatic rings. The van der Waals surface area contributed by atoms with Gasteiger partial charge in [-0.05, 0) is 31.2 Å². The first-order valence-corrected chi connectivity index (χ1v) is 3.91. The number of terminal acetylenes is 1. The Bertz CT molecular complexity index is 330. The summed E-state index contributed by atoms with van der Waals surface area (Å²) in [6, 6.07) is 6.89. The van der Waals surface area contributed by atoms with E-state index in [4.69, 9.17) is 11.2 Å². The van der Waals surface area contributed by atoms with Crippen LogP contribution in [0.15, 0.2) is 24.3 Å². The van der Waals surface area contributed by atoms with E-state index in [1.54, 1.807) is 24.3 Å². The summed E-state index contributed by atoms with van der Waals surface area (Å²) in [5, 5.41) is 0. The van der Waals surface area contributed by atoms with Crippen LogP contribution in [-0.4, -0.2) is 12.4 Å². The zero-order chi connectivity index (χ0) is 9.68. The summed E-state index contributed by atoms with van der Waals surface area (Å²) in [4.78, 5) is 10.9. The molecule has 0 atom stereocenters. The maximum atomic E-state index is 10.9. The summed E-state index contributed by atoms with van der Waals surface area (Å²) in [7, 11) is 0. The normalized spacial score (nSPS) is 8.92. The second kappa shape index (κ2) is 4.32. The number of hydrogen-bond donors (Lipinski definition) is 0. The molecule has 0 saturated carbocycles. The van der Waals surface area contributed by atoms with Crippen molar-refractivity contribution in [3.05, 3.63) is 29.8 Å². The van der Waals surface area contributed by atoms with Crippen LogP contribution in [-0.2, 0) is 0 Å². The van der Waals surface area contributed by atoms with Crippen LogP contribution in [0.5, 0.6) is 5.75 Å². The van der Waals surface area contributed by atoms with Crippen molar-refractivity contribution >= 4 is 5.78 Å². The van der Waals surface area contributed by atoms with E-state index in [0.717, 1.165) is 0 Å². The van der Waals surface area contributed by atoms with Crippen LogP contribution in [0.25, 0.3) is 0 Å². The monoisotopic (exact) mass is 174 g/mol. The van der Waals surface area contributed by atoms with Gasteiger partial charge in [0.1, 0.15) is 12.4 Å². The standard InChI is InChI=1S/C11H10O2/c1-3-8-13-11-6-4-10(5-7-11)9(2)12/h1,4-7H,8H2,2H3. The Morgan fingerprint density at radius 3 is 2.54 bits per heavy atom. The van der Waals surface area contributed by atoms with Gasteiger partial charge >= 0.3 is 0 Å². The summed E-state index contributed by atoms with van der Waals surface area (Å²) in [6.45, 7) is 1.77. The van der Waals surface area contributed by atoms with Crippen molar-refractivity contribution in [2.45, 2.75) is 6.92 Å². The second-order valence-electron chi connectivity index (χ2n) is 2.57. The molecule has 0 saturated heterocycles. The molecule has 2 nitrogen and oxygen atoms in total. The fourth-order valence-electron chi connectivity index (χ4n) is 0.911. The molecule has 0 bridgehead atoms. The minimum Gasteiger partial charge on any atom is -0.481 e. The number of ketones is 1. The van der Waals surface area contributed by atoms with Crippen LogP contribution < -0.4 is 4.74 Å². The van der Waals surface area contributed by atoms with E-state index in [2.05, 4.69) is 5.92 Å². The van der Waals surface area contributed by atoms with Crippen molar-refractivity contribution in [3.63, 3.8) is 0 Å². The lowest BCUT2D eigenvalue weighted by Crippen LogP contribution is -1.95. The van der Waals surface area contributed by atoms with Gasteiger partial charge in [0.05, 0.1) is 0 Å². The van der Waals surface area contributed by atoms with Crippen LogP contribution in [0, 0.1) is 12.3 Å². The predicted octanol–water partition coefficient (Wildman–Crippen LogP) is 1.90. The molecule has 0 aliphatic heterocycles. The Labute approximate surface area is 77.5 Å². The number of Topliss-reactive ketones (excluding diaryl/α,β-unsaturated/α-hetero) is 1. The van der Waals surface area contributed by atoms with Crippen LogP contribution in [0.1, 0.15) is 17.3 Å². The van der Waals surface area contributed by atoms with Crippen molar-refractivity contribution in [3.8, 4) is 18.1 Å². The fourth-order valence-corrected chi connectivity index (χ4v) is 0.911. The van der Waals surface area contributed by atoms with Crippen molar-refractivity contribution < 1.29 is 9.53 Å². The van der Waals surface area contributed by atoms with Gasteiger partial charge in [0.25, 0.3) is 0 Å². The number of ether oxygens (including phenoxy) is 1. The predicted molar refractivity (Wildman–Crippen MR) is 50.8 cm³/mol. The Hall–Kier alpha value is -1.75. The van der Waals surface area contributed by atoms with Gasteiger partial charge < -0.3 is 4.74 Å². The summed E-state index contributed by atoms with van der Waals surface area (Å²) in [5.41, 5.74) is 0.674. The van der Waals surface area contributed by atoms with Crippen molar-refractivity contribution in [2.75, 3.05) is 6.61 Å². The van der Waals surface area contributed by atoms with Gasteiger partial charge in [0.2, 0.25) is 0 Å². The van der Waals surface area contributed by atoms with Gasteiger partial charge in [0, 0.05) is 5.56 Å². The highest BCUT2D eigenvalue weighted by Gasteiger charge is 1.98. The molecule has 0 heterocycles. The summed E-state index contributed by atoms with van der Waals surface area (Å²) < 4.78 is 5.14. The first-order valence-electron chi connectivity index (χ1n) is 3.91. The van der Waals surface area contributed by atoms with Crippen molar-refractivity contribution in [1.82, 2.24) is 0 Å². The number of benzene rings is 1. The lowest BCUT2D eigenvalue weighted by molar-refractivity contribution is 0.101. The summed E-state index contributed by atoms with van der Waals surface area (Å²) in [5.74, 6) is 3.09. The van der Waals surface area contributed by atoms with Crippen molar-refractivity contribution in [2.24, 2.45) is 0 Å². The Morgan fingerprint density at radius 2 is 2.08 bits per heavy atom. The third-order valence-corrected chi connectivity index (χ3v) is 1.58. The van der Waals surface area contributed by atoms with Gasteiger partial charge in [0.15, 0.2) is 5.78 Å². The highest BCUT2D eigenvalue weighted by atomic mass is 16.5. The molecule has 0 fully saturated rings. The summed E-state index contributed by atoms with van der Waals surface area (Å²) >= 11 is 0. The molecule has 66 valence electrons. The zero-order valence-electron chi connectivity index (χ0n) is 7.41. The molecule has 1 aromatic rings.